The summed E-state index contributed by atoms with van der Waals surface area (Å²) in [6.07, 6.45) is 7.52. The van der Waals surface area contributed by atoms with Crippen LogP contribution < -0.4 is 0 Å². The molecule has 0 fully saturated rings. The highest BCUT2D eigenvalue weighted by Gasteiger charge is 2.44. The van der Waals surface area contributed by atoms with E-state index in [1.165, 1.54) is 94.2 Å². The van der Waals surface area contributed by atoms with Gasteiger partial charge in [-0.3, -0.25) is 0 Å². The number of hydrogen-bond acceptors (Lipinski definition) is 0. The van der Waals surface area contributed by atoms with E-state index in [0.29, 0.717) is 5.92 Å². The van der Waals surface area contributed by atoms with Crippen LogP contribution in [0.4, 0.5) is 0 Å². The molecule has 1 atom stereocenters. The molecule has 0 aromatic heterocycles. The Bertz CT molecular complexity index is 1460. The molecule has 0 saturated carbocycles. The summed E-state index contributed by atoms with van der Waals surface area (Å²) in [6.45, 7) is 11.4. The lowest BCUT2D eigenvalue weighted by molar-refractivity contribution is 0.414. The van der Waals surface area contributed by atoms with E-state index in [2.05, 4.69) is 107 Å². The van der Waals surface area contributed by atoms with Gasteiger partial charge in [0.2, 0.25) is 0 Å². The van der Waals surface area contributed by atoms with Gasteiger partial charge in [0.05, 0.1) is 0 Å². The van der Waals surface area contributed by atoms with Crippen molar-refractivity contribution in [2.24, 2.45) is 0 Å². The molecule has 2 aliphatic rings. The molecule has 188 valence electrons. The van der Waals surface area contributed by atoms with Gasteiger partial charge < -0.3 is 0 Å². The Kier molecular flexibility index (Phi) is 6.10. The van der Waals surface area contributed by atoms with Crippen molar-refractivity contribution in [3.05, 3.63) is 117 Å². The van der Waals surface area contributed by atoms with Crippen molar-refractivity contribution < 1.29 is 0 Å². The van der Waals surface area contributed by atoms with E-state index in [1.54, 1.807) is 11.1 Å². The minimum Gasteiger partial charge on any atom is -0.0654 e. The number of aryl methyl sites for hydroxylation is 3. The van der Waals surface area contributed by atoms with Gasteiger partial charge in [-0.25, -0.2) is 0 Å². The molecule has 0 nitrogen and oxygen atoms in total. The maximum absolute atomic E-state index is 2.63. The molecule has 6 rings (SSSR count). The van der Waals surface area contributed by atoms with Gasteiger partial charge in [-0.05, 0) is 95.8 Å². The fourth-order valence-corrected chi connectivity index (χ4v) is 7.21. The van der Waals surface area contributed by atoms with Crippen molar-refractivity contribution in [3.63, 3.8) is 0 Å². The average molecular weight is 485 g/mol. The van der Waals surface area contributed by atoms with Crippen LogP contribution >= 0.6 is 0 Å². The summed E-state index contributed by atoms with van der Waals surface area (Å²) in [5, 5.41) is 0. The van der Waals surface area contributed by atoms with E-state index < -0.39 is 0 Å². The third-order valence-electron chi connectivity index (χ3n) is 9.13. The van der Waals surface area contributed by atoms with Crippen molar-refractivity contribution in [2.75, 3.05) is 0 Å². The lowest BCUT2D eigenvalue weighted by Gasteiger charge is -2.33. The van der Waals surface area contributed by atoms with Crippen molar-refractivity contribution in [1.82, 2.24) is 0 Å². The second-order valence-corrected chi connectivity index (χ2v) is 11.8. The Balaban J connectivity index is 1.63. The Morgan fingerprint density at radius 2 is 1.11 bits per heavy atom. The van der Waals surface area contributed by atoms with Gasteiger partial charge in [0.25, 0.3) is 0 Å². The first kappa shape index (κ1) is 24.2. The summed E-state index contributed by atoms with van der Waals surface area (Å²) in [4.78, 5) is 0. The number of benzene rings is 4. The van der Waals surface area contributed by atoms with Crippen LogP contribution in [0.3, 0.4) is 0 Å². The minimum absolute atomic E-state index is 0.130. The first-order valence-corrected chi connectivity index (χ1v) is 14.4. The topological polar surface area (TPSA) is 0 Å². The molecule has 4 aromatic carbocycles. The molecule has 0 saturated heterocycles. The van der Waals surface area contributed by atoms with E-state index in [4.69, 9.17) is 0 Å². The van der Waals surface area contributed by atoms with Crippen molar-refractivity contribution in [3.8, 4) is 22.3 Å². The summed E-state index contributed by atoms with van der Waals surface area (Å²) in [5.74, 6) is 0.297. The van der Waals surface area contributed by atoms with E-state index in [-0.39, 0.29) is 5.41 Å². The van der Waals surface area contributed by atoms with Crippen LogP contribution in [0.5, 0.6) is 0 Å². The molecule has 0 heterocycles. The lowest BCUT2D eigenvalue weighted by atomic mass is 9.70. The van der Waals surface area contributed by atoms with Gasteiger partial charge in [0.15, 0.2) is 0 Å². The third kappa shape index (κ3) is 3.80. The Hall–Kier alpha value is -3.12. The third-order valence-corrected chi connectivity index (χ3v) is 9.13. The first-order chi connectivity index (χ1) is 18.0. The van der Waals surface area contributed by atoms with Crippen LogP contribution in [0.15, 0.2) is 72.8 Å². The van der Waals surface area contributed by atoms with Crippen LogP contribution in [-0.4, -0.2) is 0 Å². The lowest BCUT2D eigenvalue weighted by Crippen LogP contribution is -2.25. The summed E-state index contributed by atoms with van der Waals surface area (Å²) in [5.41, 5.74) is 17.6. The fourth-order valence-electron chi connectivity index (χ4n) is 7.21. The monoisotopic (exact) mass is 484 g/mol. The van der Waals surface area contributed by atoms with Crippen molar-refractivity contribution in [1.29, 1.82) is 0 Å². The molecule has 1 unspecified atom stereocenters. The van der Waals surface area contributed by atoms with E-state index in [9.17, 15) is 0 Å². The largest absolute Gasteiger partial charge is 0.0654 e. The highest BCUT2D eigenvalue weighted by molar-refractivity contribution is 5.90. The zero-order valence-corrected chi connectivity index (χ0v) is 23.2. The SMILES string of the molecule is CCCCC1(CCCC)c2cc(C)ccc2-c2cc3c(cc21)-c1ccc(C)cc1C3c1ccc(C)cc1. The van der Waals surface area contributed by atoms with E-state index in [1.807, 2.05) is 0 Å². The second-order valence-electron chi connectivity index (χ2n) is 11.8. The maximum Gasteiger partial charge on any atom is 0.0352 e. The van der Waals surface area contributed by atoms with Crippen molar-refractivity contribution >= 4 is 0 Å². The first-order valence-electron chi connectivity index (χ1n) is 14.4. The van der Waals surface area contributed by atoms with Gasteiger partial charge in [-0.1, -0.05) is 117 Å². The maximum atomic E-state index is 2.63. The molecular weight excluding hydrogens is 444 g/mol. The van der Waals surface area contributed by atoms with Crippen molar-refractivity contribution in [2.45, 2.75) is 84.5 Å². The zero-order chi connectivity index (χ0) is 25.7. The molecule has 0 aliphatic heterocycles. The highest BCUT2D eigenvalue weighted by atomic mass is 14.5. The number of fused-ring (bicyclic) bond motifs is 6. The molecule has 0 heteroatoms. The van der Waals surface area contributed by atoms with Gasteiger partial charge in [-0.15, -0.1) is 0 Å². The molecule has 0 radical (unpaired) electrons. The minimum atomic E-state index is 0.130. The Morgan fingerprint density at radius 1 is 0.541 bits per heavy atom. The fraction of sp³-hybridized carbons (Fsp3) is 0.351. The van der Waals surface area contributed by atoms with Crippen LogP contribution in [0.25, 0.3) is 22.3 Å². The van der Waals surface area contributed by atoms with Gasteiger partial charge in [0.1, 0.15) is 0 Å². The van der Waals surface area contributed by atoms with Crippen LogP contribution in [0.2, 0.25) is 0 Å². The summed E-state index contributed by atoms with van der Waals surface area (Å²) in [7, 11) is 0. The van der Waals surface area contributed by atoms with Crippen LogP contribution in [-0.2, 0) is 5.41 Å². The van der Waals surface area contributed by atoms with E-state index in [0.717, 1.165) is 0 Å². The summed E-state index contributed by atoms with van der Waals surface area (Å²) in [6, 6.07) is 28.8. The number of rotatable bonds is 7. The van der Waals surface area contributed by atoms with Gasteiger partial charge >= 0.3 is 0 Å². The van der Waals surface area contributed by atoms with Crippen LogP contribution in [0.1, 0.15) is 103 Å². The molecule has 0 amide bonds. The van der Waals surface area contributed by atoms with E-state index >= 15 is 0 Å². The molecule has 2 aliphatic carbocycles. The molecule has 0 N–H and O–H groups in total. The predicted molar refractivity (Wildman–Crippen MR) is 159 cm³/mol. The highest BCUT2D eigenvalue weighted by Crippen LogP contribution is 2.58. The molecule has 0 bridgehead atoms. The smallest absolute Gasteiger partial charge is 0.0352 e. The van der Waals surface area contributed by atoms with Gasteiger partial charge in [0, 0.05) is 11.3 Å². The standard InChI is InChI=1S/C37H40/c1-6-8-18-37(19-9-7-2)34-21-26(5)13-17-29(34)31-22-33-30(23-35(31)37)28-16-12-25(4)20-32(28)36(33)27-14-10-24(3)11-15-27/h10-17,20-23,36H,6-9,18-19H2,1-5H3. The number of hydrogen-bond donors (Lipinski definition) is 0. The Morgan fingerprint density at radius 3 is 1.78 bits per heavy atom. The predicted octanol–water partition coefficient (Wildman–Crippen LogP) is 10.4. The number of unbranched alkanes of at least 4 members (excludes halogenated alkanes) is 2. The quantitative estimate of drug-likeness (QED) is 0.215. The molecule has 37 heavy (non-hydrogen) atoms. The molecule has 4 aromatic rings. The Labute approximate surface area is 223 Å². The normalized spacial score (nSPS) is 16.3. The van der Waals surface area contributed by atoms with Gasteiger partial charge in [-0.2, -0.15) is 0 Å². The average Bonchev–Trinajstić information content (AvgIpc) is 3.34. The second kappa shape index (κ2) is 9.32. The molecule has 0 spiro atoms. The summed E-state index contributed by atoms with van der Waals surface area (Å²) < 4.78 is 0. The summed E-state index contributed by atoms with van der Waals surface area (Å²) >= 11 is 0. The zero-order valence-electron chi connectivity index (χ0n) is 23.2. The van der Waals surface area contributed by atoms with Crippen LogP contribution in [0, 0.1) is 20.8 Å². The molecular formula is C37H40.